The Balaban J connectivity index is 1.72. The van der Waals surface area contributed by atoms with Crippen molar-refractivity contribution in [2.75, 3.05) is 0 Å². The van der Waals surface area contributed by atoms with Crippen LogP contribution in [0.4, 0.5) is 0 Å². The number of nitrogens with zero attached hydrogens (tertiary/aromatic N) is 1. The van der Waals surface area contributed by atoms with Gasteiger partial charge in [0, 0.05) is 29.2 Å². The van der Waals surface area contributed by atoms with E-state index in [-0.39, 0.29) is 16.9 Å². The topological polar surface area (TPSA) is 191 Å². The summed E-state index contributed by atoms with van der Waals surface area (Å²) in [5, 5.41) is 55.3. The molecule has 0 radical (unpaired) electrons. The number of aliphatic hydroxyl groups is 4. The monoisotopic (exact) mass is 480 g/mol. The number of phenolic OH excluding ortho intramolecular Hbond substituents is 1. The molecular formula is C25H24N2O8. The van der Waals surface area contributed by atoms with E-state index < -0.39 is 76.7 Å². The number of amides is 1. The van der Waals surface area contributed by atoms with Gasteiger partial charge in [0.25, 0.3) is 0 Å². The van der Waals surface area contributed by atoms with E-state index in [0.717, 1.165) is 0 Å². The molecule has 3 aliphatic rings. The van der Waals surface area contributed by atoms with Gasteiger partial charge in [-0.1, -0.05) is 19.1 Å². The van der Waals surface area contributed by atoms with E-state index in [1.807, 2.05) is 0 Å². The Morgan fingerprint density at radius 3 is 2.49 bits per heavy atom. The molecule has 182 valence electrons. The number of carbonyl (C=O) groups excluding carboxylic acids is 3. The molecule has 2 unspecified atom stereocenters. The second kappa shape index (κ2) is 7.70. The molecule has 1 aromatic heterocycles. The van der Waals surface area contributed by atoms with Crippen LogP contribution >= 0.6 is 0 Å². The fraction of sp³-hybridized carbons (Fsp3) is 0.360. The minimum Gasteiger partial charge on any atom is -0.507 e. The number of aromatic hydroxyl groups is 1. The Labute approximate surface area is 199 Å². The predicted octanol–water partition coefficient (Wildman–Crippen LogP) is 0.183. The molecule has 2 fully saturated rings. The number of aromatic nitrogens is 1. The Hall–Kier alpha value is -3.60. The van der Waals surface area contributed by atoms with Crippen LogP contribution in [-0.2, 0) is 14.4 Å². The van der Waals surface area contributed by atoms with Crippen LogP contribution in [0.2, 0.25) is 0 Å². The quantitative estimate of drug-likeness (QED) is 0.325. The van der Waals surface area contributed by atoms with Crippen LogP contribution in [0.1, 0.15) is 30.4 Å². The van der Waals surface area contributed by atoms with Gasteiger partial charge < -0.3 is 31.3 Å². The summed E-state index contributed by atoms with van der Waals surface area (Å²) in [6, 6.07) is 8.33. The van der Waals surface area contributed by atoms with Crippen LogP contribution in [0.5, 0.6) is 5.75 Å². The molecular weight excluding hydrogens is 456 g/mol. The third kappa shape index (κ3) is 2.94. The highest BCUT2D eigenvalue weighted by molar-refractivity contribution is 6.25. The van der Waals surface area contributed by atoms with E-state index in [1.54, 1.807) is 37.3 Å². The van der Waals surface area contributed by atoms with Crippen LogP contribution in [0.3, 0.4) is 0 Å². The SMILES string of the molecule is C[C@H]1c2ccc(-c3ccccn3)c(O)c2C(O)=C2C(=O)[C@]3(O)C(=O)C(C(N)=O)C(O)C[C@@H]3[C@@H](O)[C@@H]21. The summed E-state index contributed by atoms with van der Waals surface area (Å²) in [7, 11) is 0. The first-order valence-corrected chi connectivity index (χ1v) is 11.2. The van der Waals surface area contributed by atoms with E-state index in [4.69, 9.17) is 5.73 Å². The van der Waals surface area contributed by atoms with Crippen molar-refractivity contribution in [2.24, 2.45) is 23.5 Å². The van der Waals surface area contributed by atoms with Gasteiger partial charge in [-0.15, -0.1) is 0 Å². The largest absolute Gasteiger partial charge is 0.507 e. The van der Waals surface area contributed by atoms with Crippen molar-refractivity contribution >= 4 is 23.2 Å². The first-order valence-electron chi connectivity index (χ1n) is 11.2. The summed E-state index contributed by atoms with van der Waals surface area (Å²) in [6.07, 6.45) is -2.00. The average Bonchev–Trinajstić information content (AvgIpc) is 2.82. The lowest BCUT2D eigenvalue weighted by Crippen LogP contribution is -2.70. The van der Waals surface area contributed by atoms with E-state index in [0.29, 0.717) is 11.3 Å². The fourth-order valence-electron chi connectivity index (χ4n) is 6.03. The van der Waals surface area contributed by atoms with Gasteiger partial charge in [0.1, 0.15) is 17.4 Å². The number of Topliss-reactive ketones (excluding diaryl/α,β-unsaturated/α-hetero) is 2. The van der Waals surface area contributed by atoms with Crippen molar-refractivity contribution in [3.63, 3.8) is 0 Å². The minimum atomic E-state index is -2.87. The van der Waals surface area contributed by atoms with Gasteiger partial charge in [0.2, 0.25) is 11.7 Å². The van der Waals surface area contributed by atoms with Crippen LogP contribution < -0.4 is 5.73 Å². The number of ketones is 2. The number of benzene rings is 1. The molecule has 3 aliphatic carbocycles. The Kier molecular flexibility index (Phi) is 5.10. The lowest BCUT2D eigenvalue weighted by molar-refractivity contribution is -0.186. The zero-order chi connectivity index (χ0) is 25.4. The zero-order valence-corrected chi connectivity index (χ0v) is 18.6. The molecule has 1 heterocycles. The molecule has 2 aromatic rings. The summed E-state index contributed by atoms with van der Waals surface area (Å²) < 4.78 is 0. The van der Waals surface area contributed by atoms with Gasteiger partial charge in [-0.3, -0.25) is 19.4 Å². The van der Waals surface area contributed by atoms with Gasteiger partial charge in [-0.2, -0.15) is 0 Å². The third-order valence-electron chi connectivity index (χ3n) is 7.76. The number of pyridine rings is 1. The van der Waals surface area contributed by atoms with Crippen LogP contribution in [0.15, 0.2) is 42.1 Å². The number of fused-ring (bicyclic) bond motifs is 3. The number of hydrogen-bond donors (Lipinski definition) is 6. The van der Waals surface area contributed by atoms with Crippen molar-refractivity contribution < 1.29 is 39.9 Å². The number of nitrogens with two attached hydrogens (primary N) is 1. The summed E-state index contributed by atoms with van der Waals surface area (Å²) >= 11 is 0. The van der Waals surface area contributed by atoms with E-state index in [9.17, 15) is 39.9 Å². The summed E-state index contributed by atoms with van der Waals surface area (Å²) in [4.78, 5) is 42.8. The molecule has 0 saturated heterocycles. The van der Waals surface area contributed by atoms with Gasteiger partial charge in [-0.05, 0) is 36.1 Å². The molecule has 0 bridgehead atoms. The van der Waals surface area contributed by atoms with Crippen molar-refractivity contribution in [2.45, 2.75) is 37.1 Å². The molecule has 7 atom stereocenters. The van der Waals surface area contributed by atoms with E-state index in [1.165, 1.54) is 6.20 Å². The smallest absolute Gasteiger partial charge is 0.230 e. The highest BCUT2D eigenvalue weighted by atomic mass is 16.3. The maximum absolute atomic E-state index is 13.7. The van der Waals surface area contributed by atoms with E-state index >= 15 is 0 Å². The summed E-state index contributed by atoms with van der Waals surface area (Å²) in [5.41, 5.74) is 3.03. The molecule has 10 nitrogen and oxygen atoms in total. The first-order chi connectivity index (χ1) is 16.5. The van der Waals surface area contributed by atoms with Crippen LogP contribution in [0.25, 0.3) is 17.0 Å². The Morgan fingerprint density at radius 1 is 1.14 bits per heavy atom. The standard InChI is InChI=1S/C25H24N2O8/c1-9-10-5-6-11(13-4-2-3-7-27-13)19(29)16(10)21(31)18-15(9)20(30)12-8-14(28)17(24(26)34)22(32)25(12,35)23(18)33/h2-7,9,12,14-15,17,20,28-31,35H,8H2,1H3,(H2,26,34)/t9-,12+,14?,15+,17?,20+,25+/m0/s1. The first kappa shape index (κ1) is 23.2. The second-order valence-corrected chi connectivity index (χ2v) is 9.46. The van der Waals surface area contributed by atoms with Crippen molar-refractivity contribution in [3.8, 4) is 17.0 Å². The third-order valence-corrected chi connectivity index (χ3v) is 7.76. The van der Waals surface area contributed by atoms with Gasteiger partial charge in [-0.25, -0.2) is 0 Å². The maximum atomic E-state index is 13.7. The lowest BCUT2D eigenvalue weighted by atomic mass is 9.53. The number of primary amides is 1. The van der Waals surface area contributed by atoms with Crippen LogP contribution in [0, 0.1) is 17.8 Å². The normalized spacial score (nSPS) is 34.2. The van der Waals surface area contributed by atoms with Gasteiger partial charge in [0.05, 0.1) is 23.5 Å². The molecule has 1 amide bonds. The Morgan fingerprint density at radius 2 is 1.86 bits per heavy atom. The number of aliphatic hydroxyl groups excluding tert-OH is 3. The molecule has 5 rings (SSSR count). The predicted molar refractivity (Wildman–Crippen MR) is 121 cm³/mol. The molecule has 0 aliphatic heterocycles. The molecule has 1 aromatic carbocycles. The Bertz CT molecular complexity index is 1310. The summed E-state index contributed by atoms with van der Waals surface area (Å²) in [6.45, 7) is 1.68. The van der Waals surface area contributed by atoms with Gasteiger partial charge in [0.15, 0.2) is 11.4 Å². The number of rotatable bonds is 2. The number of phenols is 1. The molecule has 35 heavy (non-hydrogen) atoms. The highest BCUT2D eigenvalue weighted by Gasteiger charge is 2.67. The molecule has 7 N–H and O–H groups in total. The maximum Gasteiger partial charge on any atom is 0.230 e. The molecule has 2 saturated carbocycles. The number of hydrogen-bond acceptors (Lipinski definition) is 9. The average molecular weight is 480 g/mol. The fourth-order valence-corrected chi connectivity index (χ4v) is 6.03. The van der Waals surface area contributed by atoms with Gasteiger partial charge >= 0.3 is 0 Å². The highest BCUT2D eigenvalue weighted by Crippen LogP contribution is 2.55. The molecule has 0 spiro atoms. The second-order valence-electron chi connectivity index (χ2n) is 9.46. The lowest BCUT2D eigenvalue weighted by Gasteiger charge is -2.52. The van der Waals surface area contributed by atoms with E-state index in [2.05, 4.69) is 4.98 Å². The van der Waals surface area contributed by atoms with Crippen molar-refractivity contribution in [1.29, 1.82) is 0 Å². The molecule has 10 heteroatoms. The van der Waals surface area contributed by atoms with Crippen molar-refractivity contribution in [3.05, 3.63) is 53.2 Å². The zero-order valence-electron chi connectivity index (χ0n) is 18.6. The number of carbonyl (C=O) groups is 3. The summed E-state index contributed by atoms with van der Waals surface area (Å²) in [5.74, 6) is -9.66. The minimum absolute atomic E-state index is 0.0655. The van der Waals surface area contributed by atoms with Crippen molar-refractivity contribution in [1.82, 2.24) is 4.98 Å². The van der Waals surface area contributed by atoms with Crippen LogP contribution in [-0.4, -0.2) is 65.8 Å².